The molecular weight excluding hydrogens is 210 g/mol. The van der Waals surface area contributed by atoms with Gasteiger partial charge in [-0.2, -0.15) is 0 Å². The molecule has 100 valence electrons. The Hall–Kier alpha value is -0.0800. The minimum absolute atomic E-state index is 0.606. The van der Waals surface area contributed by atoms with Gasteiger partial charge in [-0.1, -0.05) is 26.2 Å². The quantitative estimate of drug-likeness (QED) is 0.735. The van der Waals surface area contributed by atoms with Crippen LogP contribution in [0.2, 0.25) is 0 Å². The summed E-state index contributed by atoms with van der Waals surface area (Å²) in [6.45, 7) is 4.51. The van der Waals surface area contributed by atoms with Gasteiger partial charge in [0.1, 0.15) is 0 Å². The second kappa shape index (κ2) is 6.19. The Morgan fingerprint density at radius 1 is 1.29 bits per heavy atom. The molecule has 2 nitrogen and oxygen atoms in total. The number of nitrogens with one attached hydrogen (secondary N) is 1. The highest BCUT2D eigenvalue weighted by molar-refractivity contribution is 4.95. The molecular formula is C15H29NO. The number of rotatable bonds is 7. The summed E-state index contributed by atoms with van der Waals surface area (Å²) in [5, 5.41) is 3.84. The third-order valence-electron chi connectivity index (χ3n) is 4.92. The minimum atomic E-state index is 0.606. The molecule has 0 aromatic heterocycles. The molecule has 2 rings (SSSR count). The molecule has 0 saturated heterocycles. The summed E-state index contributed by atoms with van der Waals surface area (Å²) in [5.41, 5.74) is 0.606. The Morgan fingerprint density at radius 2 is 2.12 bits per heavy atom. The van der Waals surface area contributed by atoms with Crippen LogP contribution >= 0.6 is 0 Å². The first-order chi connectivity index (χ1) is 8.28. The van der Waals surface area contributed by atoms with Gasteiger partial charge < -0.3 is 10.1 Å². The van der Waals surface area contributed by atoms with Gasteiger partial charge in [0.2, 0.25) is 0 Å². The average molecular weight is 239 g/mol. The third-order valence-corrected chi connectivity index (χ3v) is 4.92. The first-order valence-electron chi connectivity index (χ1n) is 7.50. The average Bonchev–Trinajstić information content (AvgIpc) is 3.15. The Labute approximate surface area is 107 Å². The van der Waals surface area contributed by atoms with Crippen molar-refractivity contribution < 1.29 is 4.74 Å². The first-order valence-corrected chi connectivity index (χ1v) is 7.50. The molecule has 0 amide bonds. The standard InChI is InChI=1S/C15H29NO/c1-3-13-5-4-6-14(11-13)16-12-15(7-8-15)9-10-17-2/h13-14,16H,3-12H2,1-2H3. The van der Waals surface area contributed by atoms with E-state index in [-0.39, 0.29) is 0 Å². The van der Waals surface area contributed by atoms with Crippen molar-refractivity contribution in [3.05, 3.63) is 0 Å². The van der Waals surface area contributed by atoms with E-state index in [1.807, 2.05) is 7.11 Å². The molecule has 0 aromatic rings. The Bertz CT molecular complexity index is 225. The lowest BCUT2D eigenvalue weighted by Gasteiger charge is -2.30. The van der Waals surface area contributed by atoms with Gasteiger partial charge in [0.25, 0.3) is 0 Å². The topological polar surface area (TPSA) is 21.3 Å². The van der Waals surface area contributed by atoms with Crippen LogP contribution in [0.1, 0.15) is 58.3 Å². The molecule has 0 spiro atoms. The van der Waals surface area contributed by atoms with Gasteiger partial charge in [-0.3, -0.25) is 0 Å². The largest absolute Gasteiger partial charge is 0.385 e. The highest BCUT2D eigenvalue weighted by Gasteiger charge is 2.42. The van der Waals surface area contributed by atoms with Gasteiger partial charge in [-0.15, -0.1) is 0 Å². The summed E-state index contributed by atoms with van der Waals surface area (Å²) in [6.07, 6.45) is 11.1. The van der Waals surface area contributed by atoms with Gasteiger partial charge in [0.15, 0.2) is 0 Å². The maximum absolute atomic E-state index is 5.22. The predicted octanol–water partition coefficient (Wildman–Crippen LogP) is 3.36. The van der Waals surface area contributed by atoms with E-state index in [9.17, 15) is 0 Å². The van der Waals surface area contributed by atoms with Crippen molar-refractivity contribution in [1.29, 1.82) is 0 Å². The second-order valence-electron chi connectivity index (χ2n) is 6.26. The van der Waals surface area contributed by atoms with E-state index < -0.39 is 0 Å². The molecule has 0 bridgehead atoms. The van der Waals surface area contributed by atoms with Crippen LogP contribution < -0.4 is 5.32 Å². The van der Waals surface area contributed by atoms with E-state index >= 15 is 0 Å². The van der Waals surface area contributed by atoms with Crippen molar-refractivity contribution in [3.8, 4) is 0 Å². The van der Waals surface area contributed by atoms with Crippen LogP contribution in [-0.4, -0.2) is 26.3 Å². The number of methoxy groups -OCH3 is 1. The summed E-state index contributed by atoms with van der Waals surface area (Å²) in [4.78, 5) is 0. The summed E-state index contributed by atoms with van der Waals surface area (Å²) >= 11 is 0. The third kappa shape index (κ3) is 3.96. The monoisotopic (exact) mass is 239 g/mol. The lowest BCUT2D eigenvalue weighted by atomic mass is 9.84. The van der Waals surface area contributed by atoms with Crippen LogP contribution in [0.3, 0.4) is 0 Å². The molecule has 0 heterocycles. The van der Waals surface area contributed by atoms with Gasteiger partial charge in [0.05, 0.1) is 0 Å². The van der Waals surface area contributed by atoms with E-state index in [1.165, 1.54) is 57.9 Å². The maximum atomic E-state index is 5.22. The van der Waals surface area contributed by atoms with Gasteiger partial charge in [-0.25, -0.2) is 0 Å². The molecule has 2 fully saturated rings. The van der Waals surface area contributed by atoms with Crippen LogP contribution in [0.15, 0.2) is 0 Å². The normalized spacial score (nSPS) is 31.4. The Kier molecular flexibility index (Phi) is 4.87. The summed E-state index contributed by atoms with van der Waals surface area (Å²) in [7, 11) is 1.82. The summed E-state index contributed by atoms with van der Waals surface area (Å²) in [6, 6.07) is 0.800. The first kappa shape index (κ1) is 13.4. The zero-order valence-electron chi connectivity index (χ0n) is 11.6. The van der Waals surface area contributed by atoms with Crippen molar-refractivity contribution in [2.24, 2.45) is 11.3 Å². The zero-order chi connectivity index (χ0) is 12.1. The lowest BCUT2D eigenvalue weighted by molar-refractivity contribution is 0.167. The molecule has 2 saturated carbocycles. The molecule has 2 heteroatoms. The Balaban J connectivity index is 1.67. The highest BCUT2D eigenvalue weighted by atomic mass is 16.5. The SMILES string of the molecule is CCC1CCCC(NCC2(CCOC)CC2)C1. The van der Waals surface area contributed by atoms with Crippen LogP contribution in [0.5, 0.6) is 0 Å². The van der Waals surface area contributed by atoms with E-state index in [2.05, 4.69) is 12.2 Å². The van der Waals surface area contributed by atoms with Crippen molar-refractivity contribution in [1.82, 2.24) is 5.32 Å². The highest BCUT2D eigenvalue weighted by Crippen LogP contribution is 2.48. The smallest absolute Gasteiger partial charge is 0.0468 e. The minimum Gasteiger partial charge on any atom is -0.385 e. The molecule has 17 heavy (non-hydrogen) atoms. The van der Waals surface area contributed by atoms with Crippen molar-refractivity contribution >= 4 is 0 Å². The van der Waals surface area contributed by atoms with Crippen LogP contribution in [-0.2, 0) is 4.74 Å². The van der Waals surface area contributed by atoms with E-state index in [4.69, 9.17) is 4.74 Å². The summed E-state index contributed by atoms with van der Waals surface area (Å²) < 4.78 is 5.22. The van der Waals surface area contributed by atoms with Gasteiger partial charge in [0, 0.05) is 26.3 Å². The van der Waals surface area contributed by atoms with E-state index in [0.29, 0.717) is 5.41 Å². The van der Waals surface area contributed by atoms with Crippen LogP contribution in [0, 0.1) is 11.3 Å². The fourth-order valence-corrected chi connectivity index (χ4v) is 3.22. The number of ether oxygens (including phenoxy) is 1. The molecule has 0 aliphatic heterocycles. The van der Waals surface area contributed by atoms with Crippen LogP contribution in [0.25, 0.3) is 0 Å². The van der Waals surface area contributed by atoms with Gasteiger partial charge >= 0.3 is 0 Å². The maximum Gasteiger partial charge on any atom is 0.0468 e. The molecule has 2 atom stereocenters. The van der Waals surface area contributed by atoms with Gasteiger partial charge in [-0.05, 0) is 43.4 Å². The van der Waals surface area contributed by atoms with Crippen molar-refractivity contribution in [2.75, 3.05) is 20.3 Å². The Morgan fingerprint density at radius 3 is 2.76 bits per heavy atom. The molecule has 2 aliphatic rings. The molecule has 1 N–H and O–H groups in total. The summed E-state index contributed by atoms with van der Waals surface area (Å²) in [5.74, 6) is 0.982. The second-order valence-corrected chi connectivity index (χ2v) is 6.26. The van der Waals surface area contributed by atoms with Crippen LogP contribution in [0.4, 0.5) is 0 Å². The lowest BCUT2D eigenvalue weighted by Crippen LogP contribution is -2.38. The van der Waals surface area contributed by atoms with Crippen molar-refractivity contribution in [3.63, 3.8) is 0 Å². The van der Waals surface area contributed by atoms with Crippen molar-refractivity contribution in [2.45, 2.75) is 64.3 Å². The predicted molar refractivity (Wildman–Crippen MR) is 72.2 cm³/mol. The zero-order valence-corrected chi connectivity index (χ0v) is 11.6. The number of hydrogen-bond acceptors (Lipinski definition) is 2. The van der Waals surface area contributed by atoms with E-state index in [0.717, 1.165) is 18.6 Å². The number of hydrogen-bond donors (Lipinski definition) is 1. The fourth-order valence-electron chi connectivity index (χ4n) is 3.22. The molecule has 0 aromatic carbocycles. The molecule has 0 radical (unpaired) electrons. The molecule has 2 aliphatic carbocycles. The molecule has 2 unspecified atom stereocenters. The fraction of sp³-hybridized carbons (Fsp3) is 1.00. The van der Waals surface area contributed by atoms with E-state index in [1.54, 1.807) is 0 Å².